The summed E-state index contributed by atoms with van der Waals surface area (Å²) >= 11 is 0. The fraction of sp³-hybridized carbons (Fsp3) is 0.350. The Morgan fingerprint density at radius 2 is 1.96 bits per heavy atom. The molecule has 2 aromatic heterocycles. The number of aromatic nitrogens is 3. The van der Waals surface area contributed by atoms with Crippen LogP contribution in [0, 0.1) is 13.8 Å². The Morgan fingerprint density at radius 1 is 1.25 bits per heavy atom. The predicted molar refractivity (Wildman–Crippen MR) is 100 cm³/mol. The lowest BCUT2D eigenvalue weighted by Gasteiger charge is -2.14. The van der Waals surface area contributed by atoms with Gasteiger partial charge in [-0.2, -0.15) is 5.10 Å². The monoisotopic (exact) mass is 389 g/mol. The maximum atomic E-state index is 12.4. The molecule has 0 atom stereocenters. The highest BCUT2D eigenvalue weighted by Gasteiger charge is 2.16. The lowest BCUT2D eigenvalue weighted by molar-refractivity contribution is 0.0522. The van der Waals surface area contributed by atoms with E-state index in [0.717, 1.165) is 16.7 Å². The Morgan fingerprint density at radius 3 is 2.61 bits per heavy atom. The van der Waals surface area contributed by atoms with Gasteiger partial charge in [-0.15, -0.1) is 0 Å². The van der Waals surface area contributed by atoms with Gasteiger partial charge in [0, 0.05) is 12.4 Å². The van der Waals surface area contributed by atoms with Gasteiger partial charge >= 0.3 is 5.97 Å². The molecule has 6 nitrogen and oxygen atoms in total. The molecule has 2 heterocycles. The van der Waals surface area contributed by atoms with Crippen molar-refractivity contribution in [3.05, 3.63) is 53.0 Å². The molecule has 0 amide bonds. The summed E-state index contributed by atoms with van der Waals surface area (Å²) in [4.78, 5) is 16.2. The number of ether oxygens (including phenoxy) is 2. The number of carbonyl (C=O) groups excluding carboxylic acids is 1. The minimum Gasteiger partial charge on any atom is -0.487 e. The minimum atomic E-state index is -2.52. The van der Waals surface area contributed by atoms with Crippen molar-refractivity contribution in [2.75, 3.05) is 13.2 Å². The molecule has 148 valence electrons. The number of benzene rings is 1. The molecule has 0 saturated carbocycles. The number of aryl methyl sites for hydroxylation is 2. The van der Waals surface area contributed by atoms with E-state index in [-0.39, 0.29) is 12.3 Å². The number of carbonyl (C=O) groups is 1. The fourth-order valence-electron chi connectivity index (χ4n) is 3.13. The van der Waals surface area contributed by atoms with Crippen LogP contribution >= 0.6 is 0 Å². The van der Waals surface area contributed by atoms with Crippen LogP contribution in [0.15, 0.2) is 30.6 Å². The second kappa shape index (κ2) is 8.33. The van der Waals surface area contributed by atoms with Crippen molar-refractivity contribution in [1.29, 1.82) is 0 Å². The first-order valence-corrected chi connectivity index (χ1v) is 8.89. The average molecular weight is 389 g/mol. The van der Waals surface area contributed by atoms with E-state index >= 15 is 0 Å². The summed E-state index contributed by atoms with van der Waals surface area (Å²) in [5.41, 5.74) is 3.37. The van der Waals surface area contributed by atoms with Gasteiger partial charge in [-0.1, -0.05) is 12.1 Å². The topological polar surface area (TPSA) is 66.2 Å². The van der Waals surface area contributed by atoms with Crippen molar-refractivity contribution in [3.8, 4) is 5.75 Å². The van der Waals surface area contributed by atoms with Crippen LogP contribution in [0.1, 0.15) is 34.1 Å². The number of halogens is 2. The van der Waals surface area contributed by atoms with Gasteiger partial charge in [-0.3, -0.25) is 4.68 Å². The number of pyridine rings is 1. The van der Waals surface area contributed by atoms with E-state index in [1.807, 2.05) is 26.0 Å². The fourth-order valence-corrected chi connectivity index (χ4v) is 3.13. The Bertz CT molecular complexity index is 979. The highest BCUT2D eigenvalue weighted by Crippen LogP contribution is 2.26. The van der Waals surface area contributed by atoms with Crippen molar-refractivity contribution in [2.24, 2.45) is 0 Å². The molecule has 0 unspecified atom stereocenters. The zero-order chi connectivity index (χ0) is 20.3. The van der Waals surface area contributed by atoms with Crippen molar-refractivity contribution in [2.45, 2.75) is 33.7 Å². The van der Waals surface area contributed by atoms with Gasteiger partial charge < -0.3 is 9.47 Å². The van der Waals surface area contributed by atoms with Crippen LogP contribution in [-0.2, 0) is 11.3 Å². The summed E-state index contributed by atoms with van der Waals surface area (Å²) in [6, 6.07) is 5.49. The van der Waals surface area contributed by atoms with E-state index in [4.69, 9.17) is 9.47 Å². The quantitative estimate of drug-likeness (QED) is 0.573. The Labute approximate surface area is 161 Å². The lowest BCUT2D eigenvalue weighted by atomic mass is 10.1. The Hall–Kier alpha value is -3.03. The summed E-state index contributed by atoms with van der Waals surface area (Å²) in [7, 11) is 0. The van der Waals surface area contributed by atoms with Gasteiger partial charge in [-0.25, -0.2) is 18.6 Å². The van der Waals surface area contributed by atoms with Crippen molar-refractivity contribution in [1.82, 2.24) is 14.8 Å². The maximum Gasteiger partial charge on any atom is 0.357 e. The van der Waals surface area contributed by atoms with Crippen molar-refractivity contribution in [3.63, 3.8) is 0 Å². The molecule has 0 N–H and O–H groups in total. The third-order valence-electron chi connectivity index (χ3n) is 4.17. The minimum absolute atomic E-state index is 0.230. The molecule has 1 aromatic carbocycles. The van der Waals surface area contributed by atoms with E-state index in [9.17, 15) is 13.6 Å². The molecule has 3 rings (SSSR count). The number of alkyl halides is 2. The number of esters is 1. The van der Waals surface area contributed by atoms with Crippen LogP contribution in [0.25, 0.3) is 10.9 Å². The molecule has 0 bridgehead atoms. The summed E-state index contributed by atoms with van der Waals surface area (Å²) in [6.07, 6.45) is 0.757. The highest BCUT2D eigenvalue weighted by molar-refractivity contribution is 6.01. The summed E-state index contributed by atoms with van der Waals surface area (Å²) in [6.45, 7) is 5.46. The van der Waals surface area contributed by atoms with Crippen LogP contribution in [0.2, 0.25) is 0 Å². The molecular formula is C20H21F2N3O3. The highest BCUT2D eigenvalue weighted by atomic mass is 19.3. The van der Waals surface area contributed by atoms with Gasteiger partial charge in [0.05, 0.1) is 24.1 Å². The molecule has 0 radical (unpaired) electrons. The van der Waals surface area contributed by atoms with Crippen LogP contribution in [0.5, 0.6) is 5.75 Å². The molecule has 0 fully saturated rings. The van der Waals surface area contributed by atoms with Crippen molar-refractivity contribution >= 4 is 16.9 Å². The Kier molecular flexibility index (Phi) is 5.87. The standard InChI is InChI=1S/C20H21F2N3O3/c1-4-27-20(26)18-15-10-25(24-16(15)5-6-23-18)9-14-7-12(2)19(13(3)8-14)28-11-17(21)22/h5-8,10,17H,4,9,11H2,1-3H3. The molecule has 0 aliphatic rings. The largest absolute Gasteiger partial charge is 0.487 e. The first kappa shape index (κ1) is 19.7. The van der Waals surface area contributed by atoms with Gasteiger partial charge in [0.25, 0.3) is 6.43 Å². The van der Waals surface area contributed by atoms with Gasteiger partial charge in [0.1, 0.15) is 12.4 Å². The molecule has 0 aliphatic heterocycles. The molecule has 0 spiro atoms. The zero-order valence-electron chi connectivity index (χ0n) is 15.9. The summed E-state index contributed by atoms with van der Waals surface area (Å²) in [5, 5.41) is 5.11. The third-order valence-corrected chi connectivity index (χ3v) is 4.17. The summed E-state index contributed by atoms with van der Waals surface area (Å²) in [5.74, 6) is -0.0108. The SMILES string of the molecule is CCOC(=O)c1nccc2nn(Cc3cc(C)c(OCC(F)F)c(C)c3)cc12. The first-order valence-electron chi connectivity index (χ1n) is 8.89. The van der Waals surface area contributed by atoms with Crippen LogP contribution in [0.4, 0.5) is 8.78 Å². The Balaban J connectivity index is 1.87. The number of nitrogens with zero attached hydrogens (tertiary/aromatic N) is 3. The van der Waals surface area contributed by atoms with E-state index in [2.05, 4.69) is 10.1 Å². The maximum absolute atomic E-state index is 12.4. The van der Waals surface area contributed by atoms with Gasteiger partial charge in [-0.05, 0) is 43.5 Å². The molecule has 0 aliphatic carbocycles. The van der Waals surface area contributed by atoms with Crippen molar-refractivity contribution < 1.29 is 23.0 Å². The second-order valence-corrected chi connectivity index (χ2v) is 6.40. The average Bonchev–Trinajstić information content (AvgIpc) is 3.03. The van der Waals surface area contributed by atoms with Gasteiger partial charge in [0.15, 0.2) is 5.69 Å². The molecule has 0 saturated heterocycles. The normalized spacial score (nSPS) is 11.2. The first-order chi connectivity index (χ1) is 13.4. The zero-order valence-corrected chi connectivity index (χ0v) is 15.9. The molecular weight excluding hydrogens is 368 g/mol. The summed E-state index contributed by atoms with van der Waals surface area (Å²) < 4.78 is 36.8. The predicted octanol–water partition coefficient (Wildman–Crippen LogP) is 3.92. The van der Waals surface area contributed by atoms with E-state index in [1.165, 1.54) is 6.20 Å². The number of hydrogen-bond donors (Lipinski definition) is 0. The van der Waals surface area contributed by atoms with E-state index in [0.29, 0.717) is 23.2 Å². The van der Waals surface area contributed by atoms with E-state index in [1.54, 1.807) is 23.9 Å². The number of hydrogen-bond acceptors (Lipinski definition) is 5. The second-order valence-electron chi connectivity index (χ2n) is 6.40. The van der Waals surface area contributed by atoms with Crippen LogP contribution < -0.4 is 4.74 Å². The molecule has 8 heteroatoms. The number of fused-ring (bicyclic) bond motifs is 1. The van der Waals surface area contributed by atoms with Gasteiger partial charge in [0.2, 0.25) is 0 Å². The smallest absolute Gasteiger partial charge is 0.357 e. The third kappa shape index (κ3) is 4.27. The number of rotatable bonds is 7. The molecule has 3 aromatic rings. The van der Waals surface area contributed by atoms with E-state index < -0.39 is 19.0 Å². The lowest BCUT2D eigenvalue weighted by Crippen LogP contribution is -2.09. The molecule has 28 heavy (non-hydrogen) atoms. The van der Waals surface area contributed by atoms with Crippen LogP contribution in [0.3, 0.4) is 0 Å². The van der Waals surface area contributed by atoms with Crippen LogP contribution in [-0.4, -0.2) is 40.4 Å².